The largest absolute Gasteiger partial charge is 0.357 e. The number of hydrogen-bond acceptors (Lipinski definition) is 5. The summed E-state index contributed by atoms with van der Waals surface area (Å²) in [4.78, 5) is 23.5. The Morgan fingerprint density at radius 3 is 2.71 bits per heavy atom. The Morgan fingerprint density at radius 2 is 2.08 bits per heavy atom. The first kappa shape index (κ1) is 16.9. The van der Waals surface area contributed by atoms with Gasteiger partial charge in [-0.1, -0.05) is 13.8 Å². The summed E-state index contributed by atoms with van der Waals surface area (Å²) in [5.41, 5.74) is 1.57. The van der Waals surface area contributed by atoms with E-state index in [9.17, 15) is 4.79 Å². The lowest BCUT2D eigenvalue weighted by Gasteiger charge is -2.27. The van der Waals surface area contributed by atoms with Crippen LogP contribution in [0.15, 0.2) is 23.7 Å². The maximum absolute atomic E-state index is 12.2. The van der Waals surface area contributed by atoms with Crippen LogP contribution in [-0.4, -0.2) is 29.0 Å². The number of pyridine rings is 1. The second kappa shape index (κ2) is 7.75. The van der Waals surface area contributed by atoms with Crippen molar-refractivity contribution >= 4 is 28.7 Å². The summed E-state index contributed by atoms with van der Waals surface area (Å²) < 4.78 is 0. The summed E-state index contributed by atoms with van der Waals surface area (Å²) in [5, 5.41) is 5.94. The lowest BCUT2D eigenvalue weighted by atomic mass is 10.1. The van der Waals surface area contributed by atoms with E-state index in [4.69, 9.17) is 0 Å². The van der Waals surface area contributed by atoms with Gasteiger partial charge in [-0.15, -0.1) is 11.3 Å². The Balaban J connectivity index is 1.55. The highest BCUT2D eigenvalue weighted by Gasteiger charge is 2.13. The summed E-state index contributed by atoms with van der Waals surface area (Å²) in [6.07, 6.45) is 5.80. The average Bonchev–Trinajstić information content (AvgIpc) is 3.05. The van der Waals surface area contributed by atoms with Gasteiger partial charge in [0.25, 0.3) is 0 Å². The lowest BCUT2D eigenvalue weighted by molar-refractivity contribution is -0.115. The minimum Gasteiger partial charge on any atom is -0.357 e. The molecule has 5 nitrogen and oxygen atoms in total. The lowest BCUT2D eigenvalue weighted by Crippen LogP contribution is -2.30. The van der Waals surface area contributed by atoms with Gasteiger partial charge < -0.3 is 10.2 Å². The van der Waals surface area contributed by atoms with Crippen molar-refractivity contribution < 1.29 is 4.79 Å². The molecular formula is C18H24N4OS. The SMILES string of the molecule is CC(C)c1nc(CC(=O)Nc2ccc(N3CCCCC3)nc2)cs1. The van der Waals surface area contributed by atoms with Gasteiger partial charge in [0.15, 0.2) is 0 Å². The summed E-state index contributed by atoms with van der Waals surface area (Å²) in [7, 11) is 0. The van der Waals surface area contributed by atoms with Crippen molar-refractivity contribution in [2.75, 3.05) is 23.3 Å². The van der Waals surface area contributed by atoms with E-state index in [0.29, 0.717) is 12.3 Å². The highest BCUT2D eigenvalue weighted by molar-refractivity contribution is 7.09. The third kappa shape index (κ3) is 4.32. The van der Waals surface area contributed by atoms with Crippen LogP contribution in [0.3, 0.4) is 0 Å². The van der Waals surface area contributed by atoms with Crippen LogP contribution in [0.2, 0.25) is 0 Å². The molecule has 0 unspecified atom stereocenters. The summed E-state index contributed by atoms with van der Waals surface area (Å²) in [6, 6.07) is 3.91. The predicted octanol–water partition coefficient (Wildman–Crippen LogP) is 3.83. The molecule has 1 fully saturated rings. The molecule has 2 aromatic heterocycles. The van der Waals surface area contributed by atoms with Gasteiger partial charge in [0.05, 0.1) is 29.0 Å². The number of amides is 1. The van der Waals surface area contributed by atoms with Crippen LogP contribution in [0.1, 0.15) is 49.7 Å². The minimum absolute atomic E-state index is 0.0527. The fourth-order valence-corrected chi connectivity index (χ4v) is 3.64. The van der Waals surface area contributed by atoms with Gasteiger partial charge in [-0.2, -0.15) is 0 Å². The van der Waals surface area contributed by atoms with E-state index >= 15 is 0 Å². The van der Waals surface area contributed by atoms with E-state index in [1.807, 2.05) is 17.5 Å². The Kier molecular flexibility index (Phi) is 5.45. The smallest absolute Gasteiger partial charge is 0.230 e. The van der Waals surface area contributed by atoms with Crippen LogP contribution < -0.4 is 10.2 Å². The molecule has 0 aliphatic carbocycles. The maximum atomic E-state index is 12.2. The highest BCUT2D eigenvalue weighted by atomic mass is 32.1. The van der Waals surface area contributed by atoms with Crippen LogP contribution in [0, 0.1) is 0 Å². The van der Waals surface area contributed by atoms with Crippen LogP contribution in [0.4, 0.5) is 11.5 Å². The van der Waals surface area contributed by atoms with Crippen LogP contribution in [0.25, 0.3) is 0 Å². The van der Waals surface area contributed by atoms with Gasteiger partial charge in [0.1, 0.15) is 5.82 Å². The summed E-state index contributed by atoms with van der Waals surface area (Å²) in [5.74, 6) is 1.34. The number of thiazole rings is 1. The molecule has 0 radical (unpaired) electrons. The third-order valence-corrected chi connectivity index (χ3v) is 5.31. The Morgan fingerprint density at radius 1 is 1.29 bits per heavy atom. The van der Waals surface area contributed by atoms with Crippen LogP contribution in [-0.2, 0) is 11.2 Å². The molecule has 0 bridgehead atoms. The zero-order valence-corrected chi connectivity index (χ0v) is 15.1. The molecule has 0 aromatic carbocycles. The zero-order chi connectivity index (χ0) is 16.9. The van der Waals surface area contributed by atoms with Gasteiger partial charge >= 0.3 is 0 Å². The standard InChI is InChI=1S/C18H24N4OS/c1-13(2)18-21-15(12-24-18)10-17(23)20-14-6-7-16(19-11-14)22-8-4-3-5-9-22/h6-7,11-13H,3-5,8-10H2,1-2H3,(H,20,23). The Bertz CT molecular complexity index is 675. The van der Waals surface area contributed by atoms with E-state index in [2.05, 4.69) is 34.0 Å². The first-order chi connectivity index (χ1) is 11.6. The van der Waals surface area contributed by atoms with Gasteiger partial charge in [-0.05, 0) is 31.4 Å². The molecule has 1 N–H and O–H groups in total. The number of nitrogens with one attached hydrogen (secondary N) is 1. The quantitative estimate of drug-likeness (QED) is 0.895. The molecule has 128 valence electrons. The predicted molar refractivity (Wildman–Crippen MR) is 98.8 cm³/mol. The summed E-state index contributed by atoms with van der Waals surface area (Å²) in [6.45, 7) is 6.36. The van der Waals surface area contributed by atoms with Crippen molar-refractivity contribution in [2.24, 2.45) is 0 Å². The van der Waals surface area contributed by atoms with Crippen molar-refractivity contribution in [1.82, 2.24) is 9.97 Å². The van der Waals surface area contributed by atoms with Gasteiger partial charge in [-0.25, -0.2) is 9.97 Å². The molecule has 0 spiro atoms. The molecule has 1 amide bonds. The highest BCUT2D eigenvalue weighted by Crippen LogP contribution is 2.21. The normalized spacial score (nSPS) is 14.9. The number of anilines is 2. The van der Waals surface area contributed by atoms with Crippen molar-refractivity contribution in [3.8, 4) is 0 Å². The average molecular weight is 344 g/mol. The molecule has 3 rings (SSSR count). The first-order valence-electron chi connectivity index (χ1n) is 8.57. The Hall–Kier alpha value is -1.95. The van der Waals surface area contributed by atoms with E-state index < -0.39 is 0 Å². The maximum Gasteiger partial charge on any atom is 0.230 e. The van der Waals surface area contributed by atoms with Crippen LogP contribution >= 0.6 is 11.3 Å². The minimum atomic E-state index is -0.0527. The van der Waals surface area contributed by atoms with Gasteiger partial charge in [0, 0.05) is 24.4 Å². The van der Waals surface area contributed by atoms with Gasteiger partial charge in [0.2, 0.25) is 5.91 Å². The fraction of sp³-hybridized carbons (Fsp3) is 0.500. The fourth-order valence-electron chi connectivity index (χ4n) is 2.81. The van der Waals surface area contributed by atoms with Gasteiger partial charge in [-0.3, -0.25) is 4.79 Å². The molecule has 6 heteroatoms. The zero-order valence-electron chi connectivity index (χ0n) is 14.3. The second-order valence-corrected chi connectivity index (χ2v) is 7.40. The number of aromatic nitrogens is 2. The molecule has 24 heavy (non-hydrogen) atoms. The molecule has 1 aliphatic heterocycles. The number of hydrogen-bond donors (Lipinski definition) is 1. The number of rotatable bonds is 5. The number of carbonyl (C=O) groups is 1. The molecule has 3 heterocycles. The molecular weight excluding hydrogens is 320 g/mol. The number of carbonyl (C=O) groups excluding carboxylic acids is 1. The second-order valence-electron chi connectivity index (χ2n) is 6.51. The van der Waals surface area contributed by atoms with Crippen LogP contribution in [0.5, 0.6) is 0 Å². The van der Waals surface area contributed by atoms with E-state index in [0.717, 1.165) is 35.3 Å². The van der Waals surface area contributed by atoms with E-state index in [-0.39, 0.29) is 5.91 Å². The van der Waals surface area contributed by atoms with Crippen molar-refractivity contribution in [3.63, 3.8) is 0 Å². The number of piperidine rings is 1. The number of nitrogens with zero attached hydrogens (tertiary/aromatic N) is 3. The Labute approximate surface area is 147 Å². The molecule has 1 saturated heterocycles. The molecule has 1 aliphatic rings. The topological polar surface area (TPSA) is 58.1 Å². The third-order valence-electron chi connectivity index (χ3n) is 4.12. The molecule has 2 aromatic rings. The van der Waals surface area contributed by atoms with E-state index in [1.165, 1.54) is 19.3 Å². The summed E-state index contributed by atoms with van der Waals surface area (Å²) >= 11 is 1.61. The monoisotopic (exact) mass is 344 g/mol. The van der Waals surface area contributed by atoms with Crippen molar-refractivity contribution in [1.29, 1.82) is 0 Å². The van der Waals surface area contributed by atoms with E-state index in [1.54, 1.807) is 17.5 Å². The van der Waals surface area contributed by atoms with Crippen molar-refractivity contribution in [2.45, 2.75) is 45.4 Å². The molecule has 0 saturated carbocycles. The first-order valence-corrected chi connectivity index (χ1v) is 9.45. The van der Waals surface area contributed by atoms with Crippen molar-refractivity contribution in [3.05, 3.63) is 34.4 Å². The molecule has 0 atom stereocenters.